The number of ether oxygens (including phenoxy) is 1. The smallest absolute Gasteiger partial charge is 0.273 e. The molecule has 110 valence electrons. The van der Waals surface area contributed by atoms with Crippen molar-refractivity contribution in [2.24, 2.45) is 11.7 Å². The molecule has 20 heavy (non-hydrogen) atoms. The standard InChI is InChI=1S/C13H19N3O4/c1-8(2)11(7-14)15-13(17)10-5-4-9(16(18)19)6-12(10)20-3/h4-6,8,11H,7,14H2,1-3H3,(H,15,17). The van der Waals surface area contributed by atoms with Gasteiger partial charge in [-0.3, -0.25) is 14.9 Å². The summed E-state index contributed by atoms with van der Waals surface area (Å²) in [5.74, 6) is -0.00915. The lowest BCUT2D eigenvalue weighted by molar-refractivity contribution is -0.384. The van der Waals surface area contributed by atoms with Gasteiger partial charge in [-0.2, -0.15) is 0 Å². The largest absolute Gasteiger partial charge is 0.496 e. The van der Waals surface area contributed by atoms with Crippen LogP contribution in [0.4, 0.5) is 5.69 Å². The van der Waals surface area contributed by atoms with Crippen LogP contribution in [0.3, 0.4) is 0 Å². The number of hydrogen-bond donors (Lipinski definition) is 2. The van der Waals surface area contributed by atoms with E-state index in [4.69, 9.17) is 10.5 Å². The van der Waals surface area contributed by atoms with E-state index in [9.17, 15) is 14.9 Å². The molecule has 1 atom stereocenters. The topological polar surface area (TPSA) is 107 Å². The van der Waals surface area contributed by atoms with Crippen molar-refractivity contribution in [1.29, 1.82) is 0 Å². The van der Waals surface area contributed by atoms with Gasteiger partial charge >= 0.3 is 0 Å². The monoisotopic (exact) mass is 281 g/mol. The highest BCUT2D eigenvalue weighted by molar-refractivity contribution is 5.97. The molecular weight excluding hydrogens is 262 g/mol. The van der Waals surface area contributed by atoms with Crippen molar-refractivity contribution in [2.45, 2.75) is 19.9 Å². The Morgan fingerprint density at radius 2 is 2.15 bits per heavy atom. The molecule has 0 radical (unpaired) electrons. The van der Waals surface area contributed by atoms with Gasteiger partial charge < -0.3 is 15.8 Å². The van der Waals surface area contributed by atoms with Crippen LogP contribution in [0, 0.1) is 16.0 Å². The normalized spacial score (nSPS) is 12.1. The van der Waals surface area contributed by atoms with Gasteiger partial charge in [-0.1, -0.05) is 13.8 Å². The van der Waals surface area contributed by atoms with E-state index in [1.54, 1.807) is 0 Å². The molecule has 0 aromatic heterocycles. The Kier molecular flexibility index (Phi) is 5.45. The molecule has 0 spiro atoms. The van der Waals surface area contributed by atoms with Gasteiger partial charge in [0.25, 0.3) is 11.6 Å². The van der Waals surface area contributed by atoms with E-state index in [1.165, 1.54) is 25.3 Å². The van der Waals surface area contributed by atoms with Crippen LogP contribution >= 0.6 is 0 Å². The van der Waals surface area contributed by atoms with Gasteiger partial charge in [0.05, 0.1) is 23.7 Å². The molecule has 7 nitrogen and oxygen atoms in total. The Morgan fingerprint density at radius 3 is 2.60 bits per heavy atom. The molecule has 1 aromatic carbocycles. The molecule has 0 aliphatic rings. The zero-order chi connectivity index (χ0) is 15.3. The average Bonchev–Trinajstić information content (AvgIpc) is 2.43. The first-order valence-corrected chi connectivity index (χ1v) is 6.24. The number of nitro benzene ring substituents is 1. The van der Waals surface area contributed by atoms with Crippen LogP contribution in [-0.2, 0) is 0 Å². The lowest BCUT2D eigenvalue weighted by atomic mass is 10.0. The minimum Gasteiger partial charge on any atom is -0.496 e. The third-order valence-corrected chi connectivity index (χ3v) is 3.02. The highest BCUT2D eigenvalue weighted by Crippen LogP contribution is 2.24. The van der Waals surface area contributed by atoms with Gasteiger partial charge in [-0.25, -0.2) is 0 Å². The number of carbonyl (C=O) groups excluding carboxylic acids is 1. The minimum absolute atomic E-state index is 0.127. The van der Waals surface area contributed by atoms with Crippen LogP contribution in [0.1, 0.15) is 24.2 Å². The lowest BCUT2D eigenvalue weighted by Crippen LogP contribution is -2.43. The van der Waals surface area contributed by atoms with E-state index >= 15 is 0 Å². The molecule has 7 heteroatoms. The van der Waals surface area contributed by atoms with Crippen molar-refractivity contribution in [2.75, 3.05) is 13.7 Å². The molecule has 0 aliphatic heterocycles. The molecule has 0 heterocycles. The molecular formula is C13H19N3O4. The van der Waals surface area contributed by atoms with Crippen molar-refractivity contribution < 1.29 is 14.5 Å². The number of nitrogens with one attached hydrogen (secondary N) is 1. The van der Waals surface area contributed by atoms with E-state index in [1.807, 2.05) is 13.8 Å². The number of non-ortho nitro benzene ring substituents is 1. The number of amides is 1. The van der Waals surface area contributed by atoms with E-state index in [2.05, 4.69) is 5.32 Å². The first-order chi connectivity index (χ1) is 9.40. The number of methoxy groups -OCH3 is 1. The van der Waals surface area contributed by atoms with Gasteiger partial charge in [-0.15, -0.1) is 0 Å². The highest BCUT2D eigenvalue weighted by atomic mass is 16.6. The molecule has 0 bridgehead atoms. The average molecular weight is 281 g/mol. The summed E-state index contributed by atoms with van der Waals surface area (Å²) >= 11 is 0. The van der Waals surface area contributed by atoms with Gasteiger partial charge in [0.15, 0.2) is 0 Å². The fourth-order valence-corrected chi connectivity index (χ4v) is 1.72. The summed E-state index contributed by atoms with van der Waals surface area (Å²) in [6.45, 7) is 4.22. The second kappa shape index (κ2) is 6.85. The Hall–Kier alpha value is -2.15. The number of rotatable bonds is 6. The summed E-state index contributed by atoms with van der Waals surface area (Å²) in [6, 6.07) is 3.70. The summed E-state index contributed by atoms with van der Waals surface area (Å²) in [5, 5.41) is 13.5. The fraction of sp³-hybridized carbons (Fsp3) is 0.462. The van der Waals surface area contributed by atoms with Crippen LogP contribution in [0.5, 0.6) is 5.75 Å². The predicted octanol–water partition coefficient (Wildman–Crippen LogP) is 1.32. The number of hydrogen-bond acceptors (Lipinski definition) is 5. The summed E-state index contributed by atoms with van der Waals surface area (Å²) in [5.41, 5.74) is 5.72. The van der Waals surface area contributed by atoms with E-state index in [0.29, 0.717) is 6.54 Å². The Balaban J connectivity index is 3.01. The Labute approximate surface area is 117 Å². The molecule has 1 unspecified atom stereocenters. The van der Waals surface area contributed by atoms with Gasteiger partial charge in [0.1, 0.15) is 5.75 Å². The maximum atomic E-state index is 12.2. The van der Waals surface area contributed by atoms with E-state index < -0.39 is 4.92 Å². The molecule has 1 amide bonds. The van der Waals surface area contributed by atoms with Gasteiger partial charge in [0, 0.05) is 18.7 Å². The van der Waals surface area contributed by atoms with Crippen molar-refractivity contribution in [3.05, 3.63) is 33.9 Å². The number of nitrogens with two attached hydrogens (primary N) is 1. The predicted molar refractivity (Wildman–Crippen MR) is 74.8 cm³/mol. The summed E-state index contributed by atoms with van der Waals surface area (Å²) in [4.78, 5) is 22.3. The molecule has 0 saturated heterocycles. The first kappa shape index (κ1) is 15.9. The third-order valence-electron chi connectivity index (χ3n) is 3.02. The van der Waals surface area contributed by atoms with E-state index in [-0.39, 0.29) is 34.9 Å². The van der Waals surface area contributed by atoms with Gasteiger partial charge in [-0.05, 0) is 12.0 Å². The minimum atomic E-state index is -0.541. The molecule has 0 saturated carbocycles. The fourth-order valence-electron chi connectivity index (χ4n) is 1.72. The zero-order valence-corrected chi connectivity index (χ0v) is 11.8. The Morgan fingerprint density at radius 1 is 1.50 bits per heavy atom. The van der Waals surface area contributed by atoms with Crippen molar-refractivity contribution in [1.82, 2.24) is 5.32 Å². The summed E-state index contributed by atoms with van der Waals surface area (Å²) < 4.78 is 5.04. The SMILES string of the molecule is COc1cc([N+](=O)[O-])ccc1C(=O)NC(CN)C(C)C. The maximum absolute atomic E-state index is 12.2. The lowest BCUT2D eigenvalue weighted by Gasteiger charge is -2.21. The highest BCUT2D eigenvalue weighted by Gasteiger charge is 2.20. The molecule has 0 aliphatic carbocycles. The number of benzene rings is 1. The molecule has 1 rings (SSSR count). The zero-order valence-electron chi connectivity index (χ0n) is 11.8. The van der Waals surface area contributed by atoms with Crippen LogP contribution in [0.25, 0.3) is 0 Å². The summed E-state index contributed by atoms with van der Waals surface area (Å²) in [6.07, 6.45) is 0. The van der Waals surface area contributed by atoms with Crippen molar-refractivity contribution in [3.8, 4) is 5.75 Å². The molecule has 1 aromatic rings. The van der Waals surface area contributed by atoms with Crippen molar-refractivity contribution in [3.63, 3.8) is 0 Å². The number of carbonyl (C=O) groups is 1. The van der Waals surface area contributed by atoms with Crippen LogP contribution in [0.2, 0.25) is 0 Å². The Bertz CT molecular complexity index is 502. The number of nitrogens with zero attached hydrogens (tertiary/aromatic N) is 1. The second-order valence-corrected chi connectivity index (χ2v) is 4.70. The third kappa shape index (κ3) is 3.67. The maximum Gasteiger partial charge on any atom is 0.273 e. The van der Waals surface area contributed by atoms with Crippen LogP contribution in [0.15, 0.2) is 18.2 Å². The summed E-state index contributed by atoms with van der Waals surface area (Å²) in [7, 11) is 1.36. The van der Waals surface area contributed by atoms with Crippen LogP contribution in [-0.4, -0.2) is 30.5 Å². The van der Waals surface area contributed by atoms with E-state index in [0.717, 1.165) is 0 Å². The van der Waals surface area contributed by atoms with Gasteiger partial charge in [0.2, 0.25) is 0 Å². The molecule has 0 fully saturated rings. The van der Waals surface area contributed by atoms with Crippen LogP contribution < -0.4 is 15.8 Å². The number of nitro groups is 1. The quantitative estimate of drug-likeness (QED) is 0.604. The second-order valence-electron chi connectivity index (χ2n) is 4.70. The molecule has 3 N–H and O–H groups in total. The first-order valence-electron chi connectivity index (χ1n) is 6.24. The van der Waals surface area contributed by atoms with Crippen molar-refractivity contribution >= 4 is 11.6 Å².